The minimum Gasteiger partial charge on any atom is -0.484 e. The summed E-state index contributed by atoms with van der Waals surface area (Å²) in [7, 11) is 0. The lowest BCUT2D eigenvalue weighted by Crippen LogP contribution is -2.31. The number of nitrogens with zero attached hydrogens (tertiary/aromatic N) is 1. The maximum atomic E-state index is 12.8. The molecule has 0 aromatic heterocycles. The summed E-state index contributed by atoms with van der Waals surface area (Å²) in [5.74, 6) is 0.386. The Labute approximate surface area is 130 Å². The van der Waals surface area contributed by atoms with Gasteiger partial charge in [0.2, 0.25) is 0 Å². The van der Waals surface area contributed by atoms with Gasteiger partial charge < -0.3 is 4.74 Å². The number of carbonyl (C=O) groups is 1. The molecular weight excluding hydrogens is 283 g/mol. The molecule has 0 bridgehead atoms. The Hall–Kier alpha value is -1.91. The molecular formula is C17H23FN2O2. The van der Waals surface area contributed by atoms with E-state index >= 15 is 0 Å². The zero-order chi connectivity index (χ0) is 16.2. The van der Waals surface area contributed by atoms with Gasteiger partial charge in [-0.15, -0.1) is 0 Å². The zero-order valence-electron chi connectivity index (χ0n) is 13.4. The van der Waals surface area contributed by atoms with E-state index in [0.717, 1.165) is 18.6 Å². The van der Waals surface area contributed by atoms with Crippen LogP contribution < -0.4 is 10.2 Å². The molecule has 0 heterocycles. The highest BCUT2D eigenvalue weighted by Gasteiger charge is 2.29. The third kappa shape index (κ3) is 5.13. The first-order valence-corrected chi connectivity index (χ1v) is 7.57. The first-order valence-electron chi connectivity index (χ1n) is 7.57. The van der Waals surface area contributed by atoms with Crippen LogP contribution in [0.3, 0.4) is 0 Å². The van der Waals surface area contributed by atoms with Crippen LogP contribution >= 0.6 is 0 Å². The Morgan fingerprint density at radius 1 is 1.41 bits per heavy atom. The van der Waals surface area contributed by atoms with Crippen molar-refractivity contribution < 1.29 is 13.9 Å². The van der Waals surface area contributed by atoms with E-state index in [1.807, 2.05) is 0 Å². The van der Waals surface area contributed by atoms with Crippen LogP contribution in [0, 0.1) is 17.2 Å². The van der Waals surface area contributed by atoms with Crippen molar-refractivity contribution in [2.24, 2.45) is 16.4 Å². The molecule has 1 saturated carbocycles. The van der Waals surface area contributed by atoms with Crippen molar-refractivity contribution in [3.63, 3.8) is 0 Å². The van der Waals surface area contributed by atoms with Crippen LogP contribution in [-0.2, 0) is 4.79 Å². The molecule has 1 N–H and O–H groups in total. The number of ether oxygens (including phenoxy) is 1. The van der Waals surface area contributed by atoms with Crippen molar-refractivity contribution in [1.82, 2.24) is 5.43 Å². The van der Waals surface area contributed by atoms with E-state index in [0.29, 0.717) is 11.7 Å². The molecule has 22 heavy (non-hydrogen) atoms. The summed E-state index contributed by atoms with van der Waals surface area (Å²) < 4.78 is 18.0. The summed E-state index contributed by atoms with van der Waals surface area (Å²) in [6.07, 6.45) is 2.99. The summed E-state index contributed by atoms with van der Waals surface area (Å²) in [5, 5.41) is 4.23. The van der Waals surface area contributed by atoms with Crippen molar-refractivity contribution in [2.75, 3.05) is 6.61 Å². The maximum Gasteiger partial charge on any atom is 0.277 e. The standard InChI is InChI=1S/C17H23FN2O2/c1-12-8-14(10-17(2,3)9-12)19-20-16(21)11-22-15-6-4-13(18)5-7-15/h4-7,12H,8-11H2,1-3H3,(H,20,21). The van der Waals surface area contributed by atoms with E-state index in [4.69, 9.17) is 4.74 Å². The largest absolute Gasteiger partial charge is 0.484 e. The number of hydrogen-bond acceptors (Lipinski definition) is 3. The van der Waals surface area contributed by atoms with Crippen molar-refractivity contribution in [3.05, 3.63) is 30.1 Å². The van der Waals surface area contributed by atoms with Gasteiger partial charge in [0.15, 0.2) is 6.61 Å². The molecule has 4 nitrogen and oxygen atoms in total. The molecule has 0 aliphatic heterocycles. The quantitative estimate of drug-likeness (QED) is 0.865. The average Bonchev–Trinajstić information content (AvgIpc) is 2.42. The molecule has 1 aliphatic rings. The lowest BCUT2D eigenvalue weighted by Gasteiger charge is -2.34. The van der Waals surface area contributed by atoms with Gasteiger partial charge in [-0.1, -0.05) is 20.8 Å². The van der Waals surface area contributed by atoms with Gasteiger partial charge in [-0.3, -0.25) is 4.79 Å². The fourth-order valence-electron chi connectivity index (χ4n) is 3.05. The molecule has 1 fully saturated rings. The van der Waals surface area contributed by atoms with Gasteiger partial charge in [0.25, 0.3) is 5.91 Å². The van der Waals surface area contributed by atoms with Crippen molar-refractivity contribution >= 4 is 11.6 Å². The number of carbonyl (C=O) groups excluding carboxylic acids is 1. The van der Waals surface area contributed by atoms with Crippen molar-refractivity contribution in [3.8, 4) is 5.75 Å². The number of rotatable bonds is 4. The maximum absolute atomic E-state index is 12.8. The van der Waals surface area contributed by atoms with Gasteiger partial charge in [-0.05, 0) is 54.9 Å². The lowest BCUT2D eigenvalue weighted by atomic mass is 9.72. The summed E-state index contributed by atoms with van der Waals surface area (Å²) in [5.41, 5.74) is 3.80. The predicted octanol–water partition coefficient (Wildman–Crippen LogP) is 3.52. The summed E-state index contributed by atoms with van der Waals surface area (Å²) in [6, 6.07) is 5.55. The number of hydrogen-bond donors (Lipinski definition) is 1. The van der Waals surface area contributed by atoms with E-state index in [2.05, 4.69) is 31.3 Å². The van der Waals surface area contributed by atoms with E-state index in [9.17, 15) is 9.18 Å². The Morgan fingerprint density at radius 2 is 2.09 bits per heavy atom. The van der Waals surface area contributed by atoms with Gasteiger partial charge in [-0.2, -0.15) is 5.10 Å². The minimum atomic E-state index is -0.336. The third-order valence-corrected chi connectivity index (χ3v) is 3.69. The molecule has 0 spiro atoms. The number of amides is 1. The average molecular weight is 306 g/mol. The smallest absolute Gasteiger partial charge is 0.277 e. The number of halogens is 1. The monoisotopic (exact) mass is 306 g/mol. The summed E-state index contributed by atoms with van der Waals surface area (Å²) in [6.45, 7) is 6.51. The third-order valence-electron chi connectivity index (χ3n) is 3.69. The summed E-state index contributed by atoms with van der Waals surface area (Å²) in [4.78, 5) is 11.8. The SMILES string of the molecule is CC1CC(=NNC(=O)COc2ccc(F)cc2)CC(C)(C)C1. The first-order chi connectivity index (χ1) is 10.3. The predicted molar refractivity (Wildman–Crippen MR) is 84.3 cm³/mol. The van der Waals surface area contributed by atoms with Crippen LogP contribution in [0.25, 0.3) is 0 Å². The number of benzene rings is 1. The van der Waals surface area contributed by atoms with E-state index < -0.39 is 0 Å². The fourth-order valence-corrected chi connectivity index (χ4v) is 3.05. The highest BCUT2D eigenvalue weighted by atomic mass is 19.1. The molecule has 1 amide bonds. The Balaban J connectivity index is 1.82. The molecule has 1 unspecified atom stereocenters. The van der Waals surface area contributed by atoms with E-state index in [1.54, 1.807) is 0 Å². The second kappa shape index (κ2) is 6.90. The fraction of sp³-hybridized carbons (Fsp3) is 0.529. The lowest BCUT2D eigenvalue weighted by molar-refractivity contribution is -0.123. The van der Waals surface area contributed by atoms with Crippen LogP contribution in [0.5, 0.6) is 5.75 Å². The molecule has 1 aliphatic carbocycles. The van der Waals surface area contributed by atoms with Crippen LogP contribution in [0.15, 0.2) is 29.4 Å². The van der Waals surface area contributed by atoms with Gasteiger partial charge in [0, 0.05) is 5.71 Å². The highest BCUT2D eigenvalue weighted by Crippen LogP contribution is 2.36. The van der Waals surface area contributed by atoms with Gasteiger partial charge in [0.05, 0.1) is 0 Å². The normalized spacial score (nSPS) is 22.4. The second-order valence-electron chi connectivity index (χ2n) is 6.81. The van der Waals surface area contributed by atoms with E-state index in [-0.39, 0.29) is 23.7 Å². The minimum absolute atomic E-state index is 0.138. The van der Waals surface area contributed by atoms with Crippen LogP contribution in [0.2, 0.25) is 0 Å². The van der Waals surface area contributed by atoms with E-state index in [1.165, 1.54) is 30.7 Å². The van der Waals surface area contributed by atoms with Crippen LogP contribution in [-0.4, -0.2) is 18.2 Å². The molecule has 2 rings (SSSR count). The van der Waals surface area contributed by atoms with Crippen LogP contribution in [0.4, 0.5) is 4.39 Å². The van der Waals surface area contributed by atoms with Crippen LogP contribution in [0.1, 0.15) is 40.0 Å². The molecule has 1 aromatic rings. The van der Waals surface area contributed by atoms with Crippen molar-refractivity contribution in [1.29, 1.82) is 0 Å². The topological polar surface area (TPSA) is 50.7 Å². The molecule has 0 saturated heterocycles. The van der Waals surface area contributed by atoms with Gasteiger partial charge in [-0.25, -0.2) is 9.82 Å². The number of hydrazone groups is 1. The molecule has 0 radical (unpaired) electrons. The molecule has 1 atom stereocenters. The summed E-state index contributed by atoms with van der Waals surface area (Å²) >= 11 is 0. The van der Waals surface area contributed by atoms with Gasteiger partial charge >= 0.3 is 0 Å². The number of nitrogens with one attached hydrogen (secondary N) is 1. The second-order valence-corrected chi connectivity index (χ2v) is 6.81. The van der Waals surface area contributed by atoms with Crippen molar-refractivity contribution in [2.45, 2.75) is 40.0 Å². The van der Waals surface area contributed by atoms with Gasteiger partial charge in [0.1, 0.15) is 11.6 Å². The highest BCUT2D eigenvalue weighted by molar-refractivity contribution is 5.87. The Kier molecular flexibility index (Phi) is 5.16. The molecule has 5 heteroatoms. The Morgan fingerprint density at radius 3 is 2.73 bits per heavy atom. The first kappa shape index (κ1) is 16.5. The Bertz CT molecular complexity index is 552. The zero-order valence-corrected chi connectivity index (χ0v) is 13.4. The molecule has 120 valence electrons. The molecule has 1 aromatic carbocycles.